The first-order valence-corrected chi connectivity index (χ1v) is 10.6. The Bertz CT molecular complexity index is 904. The summed E-state index contributed by atoms with van der Waals surface area (Å²) in [6, 6.07) is 12.2. The molecule has 25 heavy (non-hydrogen) atoms. The van der Waals surface area contributed by atoms with Crippen molar-refractivity contribution in [3.05, 3.63) is 48.7 Å². The summed E-state index contributed by atoms with van der Waals surface area (Å²) in [7, 11) is -3.23. The van der Waals surface area contributed by atoms with Gasteiger partial charge in [-0.05, 0) is 37.6 Å². The van der Waals surface area contributed by atoms with Gasteiger partial charge in [-0.25, -0.2) is 8.42 Å². The molecule has 132 valence electrons. The highest BCUT2D eigenvalue weighted by atomic mass is 32.2. The molecule has 0 aliphatic rings. The molecular formula is C17H19N3O3S2. The lowest BCUT2D eigenvalue weighted by Gasteiger charge is -2.06. The number of thioether (sulfide) groups is 1. The van der Waals surface area contributed by atoms with Gasteiger partial charge in [0.2, 0.25) is 0 Å². The van der Waals surface area contributed by atoms with E-state index in [2.05, 4.69) is 10.2 Å². The molecule has 0 aliphatic heterocycles. The molecule has 0 spiro atoms. The van der Waals surface area contributed by atoms with Crippen molar-refractivity contribution in [3.8, 4) is 11.6 Å². The first kappa shape index (κ1) is 17.8. The molecule has 2 aromatic heterocycles. The fourth-order valence-electron chi connectivity index (χ4n) is 2.43. The zero-order valence-electron chi connectivity index (χ0n) is 13.8. The third-order valence-corrected chi connectivity index (χ3v) is 6.54. The first-order chi connectivity index (χ1) is 12.1. The van der Waals surface area contributed by atoms with Crippen LogP contribution in [-0.4, -0.2) is 34.7 Å². The zero-order valence-corrected chi connectivity index (χ0v) is 15.5. The normalized spacial score (nSPS) is 11.7. The van der Waals surface area contributed by atoms with Crippen LogP contribution in [0.25, 0.3) is 11.6 Å². The Hall–Kier alpha value is -2.06. The molecule has 0 amide bonds. The number of benzene rings is 1. The fourth-order valence-corrected chi connectivity index (χ4v) is 4.88. The molecule has 0 bridgehead atoms. The van der Waals surface area contributed by atoms with Crippen molar-refractivity contribution < 1.29 is 12.8 Å². The molecular weight excluding hydrogens is 358 g/mol. The molecule has 1 aromatic carbocycles. The topological polar surface area (TPSA) is 78.0 Å². The summed E-state index contributed by atoms with van der Waals surface area (Å²) >= 11 is 1.51. The highest BCUT2D eigenvalue weighted by molar-refractivity contribution is 7.99. The van der Waals surface area contributed by atoms with Crippen LogP contribution in [0.15, 0.2) is 63.2 Å². The molecule has 6 nitrogen and oxygen atoms in total. The van der Waals surface area contributed by atoms with Crippen molar-refractivity contribution in [1.29, 1.82) is 0 Å². The van der Waals surface area contributed by atoms with E-state index < -0.39 is 9.84 Å². The van der Waals surface area contributed by atoms with Gasteiger partial charge in [0.05, 0.1) is 16.9 Å². The molecule has 0 fully saturated rings. The highest BCUT2D eigenvalue weighted by Gasteiger charge is 2.16. The van der Waals surface area contributed by atoms with Crippen LogP contribution in [0.1, 0.15) is 13.3 Å². The third kappa shape index (κ3) is 4.13. The van der Waals surface area contributed by atoms with E-state index in [1.165, 1.54) is 11.8 Å². The van der Waals surface area contributed by atoms with Crippen molar-refractivity contribution in [2.24, 2.45) is 0 Å². The number of hydrogen-bond acceptors (Lipinski definition) is 6. The summed E-state index contributed by atoms with van der Waals surface area (Å²) in [6.07, 6.45) is 2.15. The molecule has 3 aromatic rings. The van der Waals surface area contributed by atoms with Crippen molar-refractivity contribution in [1.82, 2.24) is 14.8 Å². The third-order valence-electron chi connectivity index (χ3n) is 3.67. The predicted octanol–water partition coefficient (Wildman–Crippen LogP) is 3.51. The number of nitrogens with zero attached hydrogens (tertiary/aromatic N) is 3. The summed E-state index contributed by atoms with van der Waals surface area (Å²) in [5.41, 5.74) is 0. The average molecular weight is 377 g/mol. The molecule has 0 saturated carbocycles. The van der Waals surface area contributed by atoms with Gasteiger partial charge in [0.25, 0.3) is 0 Å². The highest BCUT2D eigenvalue weighted by Crippen LogP contribution is 2.25. The summed E-state index contributed by atoms with van der Waals surface area (Å²) in [4.78, 5) is 0.372. The monoisotopic (exact) mass is 377 g/mol. The Kier molecular flexibility index (Phi) is 5.60. The largest absolute Gasteiger partial charge is 0.461 e. The van der Waals surface area contributed by atoms with Gasteiger partial charge in [0.1, 0.15) is 0 Å². The Morgan fingerprint density at radius 3 is 2.60 bits per heavy atom. The summed E-state index contributed by atoms with van der Waals surface area (Å²) < 4.78 is 31.9. The zero-order chi connectivity index (χ0) is 17.7. The Morgan fingerprint density at radius 2 is 1.92 bits per heavy atom. The van der Waals surface area contributed by atoms with Gasteiger partial charge in [-0.1, -0.05) is 30.0 Å². The number of rotatable bonds is 8. The van der Waals surface area contributed by atoms with Crippen LogP contribution in [-0.2, 0) is 16.4 Å². The van der Waals surface area contributed by atoms with Gasteiger partial charge in [-0.2, -0.15) is 0 Å². The van der Waals surface area contributed by atoms with Gasteiger partial charge >= 0.3 is 0 Å². The first-order valence-electron chi connectivity index (χ1n) is 7.99. The smallest absolute Gasteiger partial charge is 0.200 e. The van der Waals surface area contributed by atoms with Crippen molar-refractivity contribution in [2.75, 3.05) is 11.5 Å². The lowest BCUT2D eigenvalue weighted by atomic mass is 10.4. The molecule has 0 aliphatic carbocycles. The number of hydrogen-bond donors (Lipinski definition) is 0. The van der Waals surface area contributed by atoms with E-state index in [0.29, 0.717) is 35.2 Å². The lowest BCUT2D eigenvalue weighted by molar-refractivity contribution is 0.567. The van der Waals surface area contributed by atoms with E-state index in [1.54, 1.807) is 30.5 Å². The van der Waals surface area contributed by atoms with Crippen LogP contribution < -0.4 is 0 Å². The van der Waals surface area contributed by atoms with Gasteiger partial charge in [0.15, 0.2) is 26.6 Å². The second-order valence-corrected chi connectivity index (χ2v) is 8.53. The number of sulfone groups is 1. The molecule has 0 unspecified atom stereocenters. The molecule has 8 heteroatoms. The summed E-state index contributed by atoms with van der Waals surface area (Å²) in [5, 5.41) is 9.16. The van der Waals surface area contributed by atoms with Crippen LogP contribution in [0, 0.1) is 0 Å². The maximum atomic E-state index is 12.3. The quantitative estimate of drug-likeness (QED) is 0.441. The van der Waals surface area contributed by atoms with Gasteiger partial charge in [-0.15, -0.1) is 10.2 Å². The Morgan fingerprint density at radius 1 is 1.12 bits per heavy atom. The summed E-state index contributed by atoms with van der Waals surface area (Å²) in [6.45, 7) is 2.73. The predicted molar refractivity (Wildman–Crippen MR) is 97.2 cm³/mol. The maximum absolute atomic E-state index is 12.3. The van der Waals surface area contributed by atoms with Crippen molar-refractivity contribution >= 4 is 21.6 Å². The van der Waals surface area contributed by atoms with Crippen LogP contribution in [0.5, 0.6) is 0 Å². The second-order valence-electron chi connectivity index (χ2n) is 5.36. The van der Waals surface area contributed by atoms with E-state index in [0.717, 1.165) is 5.16 Å². The Labute approximate surface area is 151 Å². The van der Waals surface area contributed by atoms with E-state index in [4.69, 9.17) is 4.42 Å². The second kappa shape index (κ2) is 7.88. The lowest BCUT2D eigenvalue weighted by Crippen LogP contribution is -2.07. The van der Waals surface area contributed by atoms with E-state index in [1.807, 2.05) is 29.7 Å². The standard InChI is InChI=1S/C17H19N3O3S2/c1-2-20-16(15-10-6-11-23-15)18-19-17(20)24-12-7-13-25(21,22)14-8-4-3-5-9-14/h3-6,8-11H,2,7,12-13H2,1H3. The number of aromatic nitrogens is 3. The minimum absolute atomic E-state index is 0.120. The number of furan rings is 1. The fraction of sp³-hybridized carbons (Fsp3) is 0.294. The molecule has 3 rings (SSSR count). The van der Waals surface area contributed by atoms with Gasteiger partial charge in [0, 0.05) is 12.3 Å². The van der Waals surface area contributed by atoms with E-state index >= 15 is 0 Å². The minimum atomic E-state index is -3.23. The maximum Gasteiger partial charge on any atom is 0.200 e. The average Bonchev–Trinajstić information content (AvgIpc) is 3.28. The van der Waals surface area contributed by atoms with Crippen LogP contribution >= 0.6 is 11.8 Å². The van der Waals surface area contributed by atoms with E-state index in [-0.39, 0.29) is 5.75 Å². The molecule has 0 atom stereocenters. The van der Waals surface area contributed by atoms with Crippen LogP contribution in [0.3, 0.4) is 0 Å². The molecule has 0 radical (unpaired) electrons. The summed E-state index contributed by atoms with van der Waals surface area (Å²) in [5.74, 6) is 2.14. The molecule has 2 heterocycles. The van der Waals surface area contributed by atoms with Crippen molar-refractivity contribution in [3.63, 3.8) is 0 Å². The SMILES string of the molecule is CCn1c(SCCCS(=O)(=O)c2ccccc2)nnc1-c1ccco1. The minimum Gasteiger partial charge on any atom is -0.461 e. The van der Waals surface area contributed by atoms with Gasteiger partial charge in [-0.3, -0.25) is 4.57 Å². The van der Waals surface area contributed by atoms with E-state index in [9.17, 15) is 8.42 Å². The van der Waals surface area contributed by atoms with Crippen LogP contribution in [0.2, 0.25) is 0 Å². The van der Waals surface area contributed by atoms with Crippen LogP contribution in [0.4, 0.5) is 0 Å². The molecule has 0 saturated heterocycles. The molecule has 0 N–H and O–H groups in total. The van der Waals surface area contributed by atoms with Gasteiger partial charge < -0.3 is 4.42 Å². The van der Waals surface area contributed by atoms with Crippen molar-refractivity contribution in [2.45, 2.75) is 29.9 Å². The Balaban J connectivity index is 1.60.